The molecule has 2 N–H and O–H groups in total. The van der Waals surface area contributed by atoms with Crippen molar-refractivity contribution < 1.29 is 14.0 Å². The lowest BCUT2D eigenvalue weighted by Crippen LogP contribution is -2.18. The van der Waals surface area contributed by atoms with Crippen LogP contribution in [0.15, 0.2) is 42.5 Å². The monoisotopic (exact) mass is 334 g/mol. The molecule has 0 aliphatic heterocycles. The first-order chi connectivity index (χ1) is 10.9. The molecule has 0 unspecified atom stereocenters. The summed E-state index contributed by atoms with van der Waals surface area (Å²) in [6.45, 7) is 3.59. The van der Waals surface area contributed by atoms with Gasteiger partial charge >= 0.3 is 0 Å². The Labute approximate surface area is 138 Å². The van der Waals surface area contributed by atoms with E-state index in [1.54, 1.807) is 38.1 Å². The Balaban J connectivity index is 2.05. The Morgan fingerprint density at radius 3 is 2.17 bits per heavy atom. The number of halogens is 2. The molecule has 0 bridgehead atoms. The molecule has 2 rings (SSSR count). The van der Waals surface area contributed by atoms with E-state index in [1.807, 2.05) is 0 Å². The predicted octanol–water partition coefficient (Wildman–Crippen LogP) is 4.33. The number of anilines is 2. The zero-order valence-electron chi connectivity index (χ0n) is 12.7. The van der Waals surface area contributed by atoms with Crippen molar-refractivity contribution >= 4 is 34.8 Å². The summed E-state index contributed by atoms with van der Waals surface area (Å²) in [6, 6.07) is 10.4. The second-order valence-corrected chi connectivity index (χ2v) is 5.71. The van der Waals surface area contributed by atoms with E-state index in [1.165, 1.54) is 18.2 Å². The summed E-state index contributed by atoms with van der Waals surface area (Å²) in [4.78, 5) is 23.7. The first kappa shape index (κ1) is 17.0. The van der Waals surface area contributed by atoms with Crippen molar-refractivity contribution in [3.63, 3.8) is 0 Å². The predicted molar refractivity (Wildman–Crippen MR) is 89.3 cm³/mol. The van der Waals surface area contributed by atoms with Crippen LogP contribution in [-0.4, -0.2) is 11.8 Å². The molecule has 23 heavy (non-hydrogen) atoms. The lowest BCUT2D eigenvalue weighted by atomic mass is 10.1. The van der Waals surface area contributed by atoms with Crippen molar-refractivity contribution in [3.05, 3.63) is 58.9 Å². The highest BCUT2D eigenvalue weighted by molar-refractivity contribution is 6.31. The van der Waals surface area contributed by atoms with E-state index in [4.69, 9.17) is 11.6 Å². The van der Waals surface area contributed by atoms with Gasteiger partial charge in [-0.25, -0.2) is 4.39 Å². The first-order valence-electron chi connectivity index (χ1n) is 7.04. The quantitative estimate of drug-likeness (QED) is 0.874. The van der Waals surface area contributed by atoms with Gasteiger partial charge in [-0.15, -0.1) is 0 Å². The largest absolute Gasteiger partial charge is 0.326 e. The van der Waals surface area contributed by atoms with E-state index in [9.17, 15) is 14.0 Å². The number of amides is 2. The van der Waals surface area contributed by atoms with Gasteiger partial charge < -0.3 is 10.6 Å². The number of carbonyl (C=O) groups is 2. The van der Waals surface area contributed by atoms with Crippen molar-refractivity contribution in [3.8, 4) is 0 Å². The smallest absolute Gasteiger partial charge is 0.255 e. The molecular formula is C17H16ClFN2O2. The molecule has 0 aliphatic rings. The SMILES string of the molecule is CC(C)C(=O)Nc1ccc(C(=O)Nc2ccc(F)c(Cl)c2)cc1. The topological polar surface area (TPSA) is 58.2 Å². The minimum atomic E-state index is -0.546. The van der Waals surface area contributed by atoms with E-state index in [2.05, 4.69) is 10.6 Å². The van der Waals surface area contributed by atoms with Gasteiger partial charge in [-0.3, -0.25) is 9.59 Å². The Bertz CT molecular complexity index is 730. The van der Waals surface area contributed by atoms with Crippen LogP contribution in [0.25, 0.3) is 0 Å². The average molecular weight is 335 g/mol. The molecule has 2 aromatic carbocycles. The molecule has 2 aromatic rings. The highest BCUT2D eigenvalue weighted by Crippen LogP contribution is 2.20. The van der Waals surface area contributed by atoms with Crippen molar-refractivity contribution in [2.45, 2.75) is 13.8 Å². The Morgan fingerprint density at radius 1 is 1.00 bits per heavy atom. The summed E-state index contributed by atoms with van der Waals surface area (Å²) in [7, 11) is 0. The molecule has 0 aliphatic carbocycles. The number of nitrogens with one attached hydrogen (secondary N) is 2. The Hall–Kier alpha value is -2.40. The van der Waals surface area contributed by atoms with E-state index >= 15 is 0 Å². The van der Waals surface area contributed by atoms with Gasteiger partial charge in [0, 0.05) is 22.9 Å². The maximum atomic E-state index is 13.1. The molecule has 4 nitrogen and oxygen atoms in total. The third kappa shape index (κ3) is 4.53. The molecule has 120 valence electrons. The molecule has 0 fully saturated rings. The van der Waals surface area contributed by atoms with Gasteiger partial charge in [0.15, 0.2) is 0 Å². The van der Waals surface area contributed by atoms with Crippen LogP contribution >= 0.6 is 11.6 Å². The molecule has 2 amide bonds. The molecule has 6 heteroatoms. The second-order valence-electron chi connectivity index (χ2n) is 5.30. The van der Waals surface area contributed by atoms with Crippen LogP contribution in [-0.2, 0) is 4.79 Å². The van der Waals surface area contributed by atoms with Gasteiger partial charge in [0.25, 0.3) is 5.91 Å². The minimum Gasteiger partial charge on any atom is -0.326 e. The summed E-state index contributed by atoms with van der Waals surface area (Å²) < 4.78 is 13.1. The molecular weight excluding hydrogens is 319 g/mol. The van der Waals surface area contributed by atoms with Crippen molar-refractivity contribution in [2.75, 3.05) is 10.6 Å². The molecule has 0 saturated carbocycles. The zero-order chi connectivity index (χ0) is 17.0. The first-order valence-corrected chi connectivity index (χ1v) is 7.42. The molecule has 0 spiro atoms. The number of rotatable bonds is 4. The van der Waals surface area contributed by atoms with Crippen LogP contribution in [0.3, 0.4) is 0 Å². The van der Waals surface area contributed by atoms with Crippen LogP contribution in [0.2, 0.25) is 5.02 Å². The maximum absolute atomic E-state index is 13.1. The molecule has 0 heterocycles. The minimum absolute atomic E-state index is 0.0606. The number of hydrogen-bond acceptors (Lipinski definition) is 2. The van der Waals surface area contributed by atoms with Gasteiger partial charge in [0.1, 0.15) is 5.82 Å². The fourth-order valence-electron chi connectivity index (χ4n) is 1.77. The van der Waals surface area contributed by atoms with Gasteiger partial charge in [-0.05, 0) is 42.5 Å². The van der Waals surface area contributed by atoms with Crippen LogP contribution in [0.1, 0.15) is 24.2 Å². The van der Waals surface area contributed by atoms with E-state index in [0.29, 0.717) is 16.9 Å². The van der Waals surface area contributed by atoms with Gasteiger partial charge in [0.05, 0.1) is 5.02 Å². The van der Waals surface area contributed by atoms with Crippen LogP contribution in [0, 0.1) is 11.7 Å². The fourth-order valence-corrected chi connectivity index (χ4v) is 1.95. The molecule has 0 radical (unpaired) electrons. The average Bonchev–Trinajstić information content (AvgIpc) is 2.51. The lowest BCUT2D eigenvalue weighted by Gasteiger charge is -2.09. The van der Waals surface area contributed by atoms with E-state index in [-0.39, 0.29) is 22.8 Å². The summed E-state index contributed by atoms with van der Waals surface area (Å²) in [5.41, 5.74) is 1.43. The second kappa shape index (κ2) is 7.24. The van der Waals surface area contributed by atoms with Gasteiger partial charge in [-0.1, -0.05) is 25.4 Å². The van der Waals surface area contributed by atoms with Crippen molar-refractivity contribution in [1.29, 1.82) is 0 Å². The van der Waals surface area contributed by atoms with Crippen LogP contribution < -0.4 is 10.6 Å². The third-order valence-corrected chi connectivity index (χ3v) is 3.41. The summed E-state index contributed by atoms with van der Waals surface area (Å²) in [5.74, 6) is -1.12. The third-order valence-electron chi connectivity index (χ3n) is 3.12. The fraction of sp³-hybridized carbons (Fsp3) is 0.176. The zero-order valence-corrected chi connectivity index (χ0v) is 13.4. The van der Waals surface area contributed by atoms with Gasteiger partial charge in [-0.2, -0.15) is 0 Å². The maximum Gasteiger partial charge on any atom is 0.255 e. The molecule has 0 atom stereocenters. The highest BCUT2D eigenvalue weighted by Gasteiger charge is 2.10. The normalized spacial score (nSPS) is 10.5. The van der Waals surface area contributed by atoms with Crippen LogP contribution in [0.5, 0.6) is 0 Å². The number of hydrogen-bond donors (Lipinski definition) is 2. The van der Waals surface area contributed by atoms with E-state index < -0.39 is 5.82 Å². The standard InChI is InChI=1S/C17H16ClFN2O2/c1-10(2)16(22)20-12-5-3-11(4-6-12)17(23)21-13-7-8-15(19)14(18)9-13/h3-10H,1-2H3,(H,20,22)(H,21,23). The van der Waals surface area contributed by atoms with Crippen molar-refractivity contribution in [2.24, 2.45) is 5.92 Å². The Kier molecular flexibility index (Phi) is 5.34. The molecule has 0 saturated heterocycles. The number of carbonyl (C=O) groups excluding carboxylic acids is 2. The summed E-state index contributed by atoms with van der Waals surface area (Å²) in [6.07, 6.45) is 0. The summed E-state index contributed by atoms with van der Waals surface area (Å²) >= 11 is 5.67. The molecule has 0 aromatic heterocycles. The lowest BCUT2D eigenvalue weighted by molar-refractivity contribution is -0.118. The van der Waals surface area contributed by atoms with Crippen LogP contribution in [0.4, 0.5) is 15.8 Å². The van der Waals surface area contributed by atoms with E-state index in [0.717, 1.165) is 0 Å². The Morgan fingerprint density at radius 2 is 1.61 bits per heavy atom. The van der Waals surface area contributed by atoms with Crippen molar-refractivity contribution in [1.82, 2.24) is 0 Å². The highest BCUT2D eigenvalue weighted by atomic mass is 35.5. The van der Waals surface area contributed by atoms with Gasteiger partial charge in [0.2, 0.25) is 5.91 Å². The number of benzene rings is 2. The summed E-state index contributed by atoms with van der Waals surface area (Å²) in [5, 5.41) is 5.31.